The summed E-state index contributed by atoms with van der Waals surface area (Å²) in [7, 11) is 0. The Balaban J connectivity index is 1.49. The number of furan rings is 1. The SMILES string of the molecule is O=C(c1ccncc1)N1CCO[C@H]2CCN(Cc3ccco3)C[C@@H]21. The zero-order valence-corrected chi connectivity index (χ0v) is 13.5. The van der Waals surface area contributed by atoms with E-state index in [-0.39, 0.29) is 18.1 Å². The molecule has 2 aliphatic heterocycles. The molecular weight excluding hydrogens is 306 g/mol. The second-order valence-electron chi connectivity index (χ2n) is 6.31. The van der Waals surface area contributed by atoms with Crippen molar-refractivity contribution in [1.82, 2.24) is 14.8 Å². The molecule has 0 unspecified atom stereocenters. The lowest BCUT2D eigenvalue weighted by atomic mass is 9.97. The Hall–Kier alpha value is -2.18. The van der Waals surface area contributed by atoms with E-state index in [9.17, 15) is 4.79 Å². The van der Waals surface area contributed by atoms with Crippen LogP contribution in [0.15, 0.2) is 47.3 Å². The molecule has 2 aliphatic rings. The lowest BCUT2D eigenvalue weighted by Crippen LogP contribution is -2.61. The first-order valence-corrected chi connectivity index (χ1v) is 8.38. The fourth-order valence-electron chi connectivity index (χ4n) is 3.62. The number of hydrogen-bond donors (Lipinski definition) is 0. The summed E-state index contributed by atoms with van der Waals surface area (Å²) < 4.78 is 11.4. The third-order valence-corrected chi connectivity index (χ3v) is 4.82. The summed E-state index contributed by atoms with van der Waals surface area (Å²) in [4.78, 5) is 21.2. The van der Waals surface area contributed by atoms with Crippen LogP contribution in [0.3, 0.4) is 0 Å². The van der Waals surface area contributed by atoms with Crippen LogP contribution in [0.4, 0.5) is 0 Å². The molecule has 24 heavy (non-hydrogen) atoms. The summed E-state index contributed by atoms with van der Waals surface area (Å²) in [5.41, 5.74) is 0.689. The van der Waals surface area contributed by atoms with Gasteiger partial charge in [-0.3, -0.25) is 14.7 Å². The van der Waals surface area contributed by atoms with Gasteiger partial charge < -0.3 is 14.1 Å². The van der Waals surface area contributed by atoms with Gasteiger partial charge in [0, 0.05) is 37.6 Å². The Bertz CT molecular complexity index is 674. The summed E-state index contributed by atoms with van der Waals surface area (Å²) in [5.74, 6) is 1.02. The molecule has 0 saturated carbocycles. The van der Waals surface area contributed by atoms with Gasteiger partial charge in [0.1, 0.15) is 5.76 Å². The van der Waals surface area contributed by atoms with Crippen molar-refractivity contribution in [3.8, 4) is 0 Å². The molecule has 2 saturated heterocycles. The molecule has 0 aromatic carbocycles. The van der Waals surface area contributed by atoms with Crippen LogP contribution in [0, 0.1) is 0 Å². The normalized spacial score (nSPS) is 24.6. The van der Waals surface area contributed by atoms with E-state index < -0.39 is 0 Å². The Morgan fingerprint density at radius 3 is 2.92 bits per heavy atom. The van der Waals surface area contributed by atoms with Gasteiger partial charge in [-0.1, -0.05) is 0 Å². The average Bonchev–Trinajstić information content (AvgIpc) is 3.14. The van der Waals surface area contributed by atoms with Gasteiger partial charge in [-0.05, 0) is 30.7 Å². The molecule has 0 radical (unpaired) electrons. The maximum Gasteiger partial charge on any atom is 0.254 e. The zero-order chi connectivity index (χ0) is 16.4. The molecule has 2 aromatic rings. The van der Waals surface area contributed by atoms with Crippen LogP contribution >= 0.6 is 0 Å². The van der Waals surface area contributed by atoms with E-state index in [1.54, 1.807) is 30.8 Å². The number of ether oxygens (including phenoxy) is 1. The van der Waals surface area contributed by atoms with Crippen molar-refractivity contribution >= 4 is 5.91 Å². The van der Waals surface area contributed by atoms with E-state index >= 15 is 0 Å². The first-order valence-electron chi connectivity index (χ1n) is 8.38. The number of nitrogens with zero attached hydrogens (tertiary/aromatic N) is 3. The Labute approximate surface area is 141 Å². The van der Waals surface area contributed by atoms with Crippen LogP contribution < -0.4 is 0 Å². The average molecular weight is 327 g/mol. The van der Waals surface area contributed by atoms with Gasteiger partial charge in [0.15, 0.2) is 0 Å². The molecule has 1 amide bonds. The van der Waals surface area contributed by atoms with E-state index in [0.717, 1.165) is 31.8 Å². The fourth-order valence-corrected chi connectivity index (χ4v) is 3.62. The number of likely N-dealkylation sites (tertiary alicyclic amines) is 1. The van der Waals surface area contributed by atoms with Crippen molar-refractivity contribution in [3.05, 3.63) is 54.2 Å². The zero-order valence-electron chi connectivity index (χ0n) is 13.5. The van der Waals surface area contributed by atoms with Gasteiger partial charge in [0.2, 0.25) is 0 Å². The highest BCUT2D eigenvalue weighted by atomic mass is 16.5. The monoisotopic (exact) mass is 327 g/mol. The van der Waals surface area contributed by atoms with Gasteiger partial charge in [-0.25, -0.2) is 0 Å². The van der Waals surface area contributed by atoms with Gasteiger partial charge in [-0.2, -0.15) is 0 Å². The number of fused-ring (bicyclic) bond motifs is 1. The predicted molar refractivity (Wildman–Crippen MR) is 87.4 cm³/mol. The molecule has 6 heteroatoms. The Morgan fingerprint density at radius 2 is 2.12 bits per heavy atom. The van der Waals surface area contributed by atoms with Gasteiger partial charge in [-0.15, -0.1) is 0 Å². The van der Waals surface area contributed by atoms with Crippen LogP contribution in [0.5, 0.6) is 0 Å². The Morgan fingerprint density at radius 1 is 1.25 bits per heavy atom. The molecule has 6 nitrogen and oxygen atoms in total. The van der Waals surface area contributed by atoms with Gasteiger partial charge >= 0.3 is 0 Å². The topological polar surface area (TPSA) is 58.8 Å². The molecule has 2 fully saturated rings. The van der Waals surface area contributed by atoms with E-state index in [4.69, 9.17) is 9.15 Å². The van der Waals surface area contributed by atoms with Crippen molar-refractivity contribution in [2.45, 2.75) is 25.1 Å². The summed E-state index contributed by atoms with van der Waals surface area (Å²) in [6.07, 6.45) is 6.08. The van der Waals surface area contributed by atoms with E-state index in [2.05, 4.69) is 9.88 Å². The number of piperidine rings is 1. The fraction of sp³-hybridized carbons (Fsp3) is 0.444. The molecule has 0 spiro atoms. The summed E-state index contributed by atoms with van der Waals surface area (Å²) in [6, 6.07) is 7.53. The van der Waals surface area contributed by atoms with Crippen molar-refractivity contribution in [2.75, 3.05) is 26.2 Å². The molecule has 126 valence electrons. The third-order valence-electron chi connectivity index (χ3n) is 4.82. The smallest absolute Gasteiger partial charge is 0.254 e. The number of carbonyl (C=O) groups excluding carboxylic acids is 1. The van der Waals surface area contributed by atoms with Crippen LogP contribution in [-0.2, 0) is 11.3 Å². The first-order chi connectivity index (χ1) is 11.8. The van der Waals surface area contributed by atoms with Crippen molar-refractivity contribution in [3.63, 3.8) is 0 Å². The maximum absolute atomic E-state index is 12.9. The summed E-state index contributed by atoms with van der Waals surface area (Å²) in [5, 5.41) is 0. The van der Waals surface area contributed by atoms with Crippen molar-refractivity contribution < 1.29 is 13.9 Å². The van der Waals surface area contributed by atoms with Crippen LogP contribution in [0.1, 0.15) is 22.5 Å². The lowest BCUT2D eigenvalue weighted by molar-refractivity contribution is -0.0920. The molecule has 2 atom stereocenters. The molecule has 4 heterocycles. The highest BCUT2D eigenvalue weighted by Crippen LogP contribution is 2.25. The highest BCUT2D eigenvalue weighted by molar-refractivity contribution is 5.94. The van der Waals surface area contributed by atoms with E-state index in [1.165, 1.54) is 0 Å². The number of hydrogen-bond acceptors (Lipinski definition) is 5. The van der Waals surface area contributed by atoms with E-state index in [0.29, 0.717) is 18.7 Å². The summed E-state index contributed by atoms with van der Waals surface area (Å²) >= 11 is 0. The van der Waals surface area contributed by atoms with Crippen LogP contribution in [0.25, 0.3) is 0 Å². The minimum atomic E-state index is 0.0653. The second-order valence-corrected chi connectivity index (χ2v) is 6.31. The van der Waals surface area contributed by atoms with Crippen molar-refractivity contribution in [2.24, 2.45) is 0 Å². The maximum atomic E-state index is 12.9. The van der Waals surface area contributed by atoms with Crippen molar-refractivity contribution in [1.29, 1.82) is 0 Å². The molecule has 0 N–H and O–H groups in total. The number of amides is 1. The molecular formula is C18H21N3O3. The number of morpholine rings is 1. The second kappa shape index (κ2) is 6.75. The molecule has 0 aliphatic carbocycles. The number of pyridine rings is 1. The predicted octanol–water partition coefficient (Wildman–Crippen LogP) is 1.79. The molecule has 0 bridgehead atoms. The van der Waals surface area contributed by atoms with Crippen LogP contribution in [-0.4, -0.2) is 59.1 Å². The summed E-state index contributed by atoms with van der Waals surface area (Å²) in [6.45, 7) is 3.78. The van der Waals surface area contributed by atoms with E-state index in [1.807, 2.05) is 17.0 Å². The van der Waals surface area contributed by atoms with Crippen LogP contribution in [0.2, 0.25) is 0 Å². The minimum Gasteiger partial charge on any atom is -0.468 e. The standard InChI is InChI=1S/C18H21N3O3/c22-18(14-3-6-19-7-4-14)21-9-11-24-17-5-8-20(13-16(17)21)12-15-2-1-10-23-15/h1-4,6-7,10,16-17H,5,8-9,11-13H2/t16-,17-/m0/s1. The first kappa shape index (κ1) is 15.4. The molecule has 2 aromatic heterocycles. The third kappa shape index (κ3) is 3.07. The van der Waals surface area contributed by atoms with Gasteiger partial charge in [0.05, 0.1) is 31.6 Å². The number of aromatic nitrogens is 1. The highest BCUT2D eigenvalue weighted by Gasteiger charge is 2.39. The van der Waals surface area contributed by atoms with Gasteiger partial charge in [0.25, 0.3) is 5.91 Å². The minimum absolute atomic E-state index is 0.0653. The number of carbonyl (C=O) groups is 1. The largest absolute Gasteiger partial charge is 0.468 e. The Kier molecular flexibility index (Phi) is 4.32. The quantitative estimate of drug-likeness (QED) is 0.860. The lowest BCUT2D eigenvalue weighted by Gasteiger charge is -2.47. The number of rotatable bonds is 3. The molecule has 4 rings (SSSR count).